The number of methoxy groups -OCH3 is 2. The van der Waals surface area contributed by atoms with E-state index in [0.717, 1.165) is 0 Å². The molecule has 31 heavy (non-hydrogen) atoms. The number of esters is 2. The van der Waals surface area contributed by atoms with E-state index in [9.17, 15) is 14.4 Å². The third-order valence-electron chi connectivity index (χ3n) is 5.61. The van der Waals surface area contributed by atoms with Crippen LogP contribution in [-0.4, -0.2) is 56.1 Å². The molecule has 1 amide bonds. The first-order valence-corrected chi connectivity index (χ1v) is 10.4. The molecule has 2 aromatic rings. The summed E-state index contributed by atoms with van der Waals surface area (Å²) in [4.78, 5) is 42.4. The second-order valence-corrected chi connectivity index (χ2v) is 8.75. The molecule has 0 spiro atoms. The number of amides is 1. The summed E-state index contributed by atoms with van der Waals surface area (Å²) in [6.07, 6.45) is 0. The maximum atomic E-state index is 14.2. The van der Waals surface area contributed by atoms with Crippen LogP contribution in [0.3, 0.4) is 0 Å². The first kappa shape index (κ1) is 21.1. The van der Waals surface area contributed by atoms with Crippen molar-refractivity contribution in [2.75, 3.05) is 33.2 Å². The minimum absolute atomic E-state index is 0.00364. The van der Waals surface area contributed by atoms with Gasteiger partial charge in [-0.1, -0.05) is 60.3 Å². The van der Waals surface area contributed by atoms with Gasteiger partial charge >= 0.3 is 11.9 Å². The van der Waals surface area contributed by atoms with Gasteiger partial charge in [0.15, 0.2) is 9.74 Å². The number of benzene rings is 2. The van der Waals surface area contributed by atoms with Crippen LogP contribution in [0.25, 0.3) is 0 Å². The Hall–Kier alpha value is -3.10. The van der Waals surface area contributed by atoms with Gasteiger partial charge in [-0.2, -0.15) is 0 Å². The van der Waals surface area contributed by atoms with Crippen LogP contribution in [0.1, 0.15) is 5.56 Å². The number of carbonyl (C=O) groups excluding carboxylic acids is 3. The molecule has 2 aliphatic heterocycles. The summed E-state index contributed by atoms with van der Waals surface area (Å²) >= 11 is 1.23. The lowest BCUT2D eigenvalue weighted by atomic mass is 9.81. The average Bonchev–Trinajstić information content (AvgIpc) is 3.27. The van der Waals surface area contributed by atoms with Crippen molar-refractivity contribution in [3.8, 4) is 0 Å². The number of nitrogens with zero attached hydrogens (tertiary/aromatic N) is 2. The number of para-hydroxylation sites is 1. The Morgan fingerprint density at radius 3 is 1.90 bits per heavy atom. The lowest BCUT2D eigenvalue weighted by Crippen LogP contribution is -2.60. The van der Waals surface area contributed by atoms with Gasteiger partial charge in [-0.3, -0.25) is 14.6 Å². The topological polar surface area (TPSA) is 76.2 Å². The van der Waals surface area contributed by atoms with E-state index in [1.54, 1.807) is 60.3 Å². The van der Waals surface area contributed by atoms with E-state index in [4.69, 9.17) is 9.47 Å². The van der Waals surface area contributed by atoms with Crippen molar-refractivity contribution in [2.24, 2.45) is 0 Å². The largest absolute Gasteiger partial charge is 0.466 e. The quantitative estimate of drug-likeness (QED) is 0.664. The summed E-state index contributed by atoms with van der Waals surface area (Å²) in [5.74, 6) is -1.74. The summed E-state index contributed by atoms with van der Waals surface area (Å²) in [7, 11) is 6.02. The number of rotatable bonds is 5. The van der Waals surface area contributed by atoms with E-state index < -0.39 is 21.7 Å². The number of carbonyl (C=O) groups is 3. The lowest BCUT2D eigenvalue weighted by molar-refractivity contribution is -0.141. The molecule has 0 N–H and O–H groups in total. The Morgan fingerprint density at radius 1 is 0.871 bits per heavy atom. The molecule has 2 unspecified atom stereocenters. The Labute approximate surface area is 184 Å². The molecule has 4 rings (SSSR count). The molecule has 1 saturated heterocycles. The summed E-state index contributed by atoms with van der Waals surface area (Å²) < 4.78 is 8.71. The Balaban J connectivity index is 2.14. The predicted octanol–water partition coefficient (Wildman–Crippen LogP) is 2.53. The molecule has 2 atom stereocenters. The zero-order valence-corrected chi connectivity index (χ0v) is 18.4. The number of thioether (sulfide) groups is 1. The molecule has 0 aromatic heterocycles. The lowest BCUT2D eigenvalue weighted by Gasteiger charge is -2.43. The molecular weight excluding hydrogens is 416 g/mol. The van der Waals surface area contributed by atoms with E-state index >= 15 is 0 Å². The zero-order valence-electron chi connectivity index (χ0n) is 17.6. The predicted molar refractivity (Wildman–Crippen MR) is 117 cm³/mol. The number of likely N-dealkylation sites (N-methyl/N-ethyl adjacent to an activating group) is 1. The Morgan fingerprint density at radius 2 is 1.39 bits per heavy atom. The van der Waals surface area contributed by atoms with E-state index in [-0.39, 0.29) is 17.1 Å². The molecule has 2 aromatic carbocycles. The highest BCUT2D eigenvalue weighted by Gasteiger charge is 2.75. The van der Waals surface area contributed by atoms with Crippen LogP contribution < -0.4 is 4.90 Å². The normalized spacial score (nSPS) is 24.7. The first-order chi connectivity index (χ1) is 14.9. The Kier molecular flexibility index (Phi) is 5.15. The van der Waals surface area contributed by atoms with Gasteiger partial charge in [0, 0.05) is 5.69 Å². The van der Waals surface area contributed by atoms with Crippen molar-refractivity contribution in [1.29, 1.82) is 0 Å². The monoisotopic (exact) mass is 438 g/mol. The van der Waals surface area contributed by atoms with Gasteiger partial charge in [0.05, 0.1) is 19.8 Å². The standard InChI is InChI=1S/C23H22N2O5S/c1-24(2)23-18(20(27)30-4)17(19(26)29-3)22(31-23,15-11-7-5-8-12-15)21(28)25(23)16-13-9-6-10-14-16/h5-14H,1-4H3. The summed E-state index contributed by atoms with van der Waals surface area (Å²) in [5.41, 5.74) is 1.29. The van der Waals surface area contributed by atoms with Crippen LogP contribution in [0.15, 0.2) is 71.8 Å². The maximum Gasteiger partial charge on any atom is 0.339 e. The van der Waals surface area contributed by atoms with Crippen molar-refractivity contribution >= 4 is 35.3 Å². The molecule has 8 heteroatoms. The SMILES string of the molecule is COC(=O)C1=C(C(=O)OC)C2(N(C)C)SC1(c1ccccc1)C(=O)N2c1ccccc1. The highest BCUT2D eigenvalue weighted by atomic mass is 32.2. The van der Waals surface area contributed by atoms with Crippen molar-refractivity contribution in [2.45, 2.75) is 9.74 Å². The fourth-order valence-corrected chi connectivity index (χ4v) is 6.22. The molecule has 160 valence electrons. The van der Waals surface area contributed by atoms with Crippen LogP contribution in [0.2, 0.25) is 0 Å². The minimum atomic E-state index is -1.46. The number of hydrogen-bond acceptors (Lipinski definition) is 7. The smallest absolute Gasteiger partial charge is 0.339 e. The Bertz CT molecular complexity index is 1090. The number of anilines is 1. The third kappa shape index (κ3) is 2.68. The van der Waals surface area contributed by atoms with Crippen molar-refractivity contribution in [3.63, 3.8) is 0 Å². The number of fused-ring (bicyclic) bond motifs is 2. The summed E-state index contributed by atoms with van der Waals surface area (Å²) in [6, 6.07) is 18.1. The maximum absolute atomic E-state index is 14.2. The third-order valence-corrected chi connectivity index (χ3v) is 7.57. The highest BCUT2D eigenvalue weighted by Crippen LogP contribution is 2.68. The molecule has 2 aliphatic rings. The second kappa shape index (κ2) is 7.55. The van der Waals surface area contributed by atoms with Crippen LogP contribution in [-0.2, 0) is 28.6 Å². The zero-order chi connectivity index (χ0) is 22.4. The average molecular weight is 439 g/mol. The molecule has 0 saturated carbocycles. The van der Waals surface area contributed by atoms with Crippen molar-refractivity contribution in [3.05, 3.63) is 77.4 Å². The van der Waals surface area contributed by atoms with Gasteiger partial charge in [0.1, 0.15) is 5.57 Å². The fourth-order valence-electron chi connectivity index (χ4n) is 4.33. The molecule has 0 radical (unpaired) electrons. The van der Waals surface area contributed by atoms with Crippen LogP contribution in [0.4, 0.5) is 5.69 Å². The van der Waals surface area contributed by atoms with Crippen LogP contribution in [0, 0.1) is 0 Å². The van der Waals surface area contributed by atoms with E-state index in [1.165, 1.54) is 26.0 Å². The molecule has 1 fully saturated rings. The molecule has 7 nitrogen and oxygen atoms in total. The fraction of sp³-hybridized carbons (Fsp3) is 0.261. The van der Waals surface area contributed by atoms with Gasteiger partial charge in [-0.25, -0.2) is 9.59 Å². The first-order valence-electron chi connectivity index (χ1n) is 9.61. The van der Waals surface area contributed by atoms with Gasteiger partial charge in [0.25, 0.3) is 5.91 Å². The van der Waals surface area contributed by atoms with Gasteiger partial charge in [-0.05, 0) is 31.8 Å². The number of ether oxygens (including phenoxy) is 2. The minimum Gasteiger partial charge on any atom is -0.466 e. The highest BCUT2D eigenvalue weighted by molar-refractivity contribution is 8.03. The van der Waals surface area contributed by atoms with Crippen molar-refractivity contribution < 1.29 is 23.9 Å². The van der Waals surface area contributed by atoms with Crippen molar-refractivity contribution in [1.82, 2.24) is 4.90 Å². The second-order valence-electron chi connectivity index (χ2n) is 7.36. The molecule has 2 bridgehead atoms. The molecule has 0 aliphatic carbocycles. The summed E-state index contributed by atoms with van der Waals surface area (Å²) in [6.45, 7) is 0. The number of hydrogen-bond donors (Lipinski definition) is 0. The van der Waals surface area contributed by atoms with E-state index in [1.807, 2.05) is 24.3 Å². The molecular formula is C23H22N2O5S. The van der Waals surface area contributed by atoms with E-state index in [2.05, 4.69) is 0 Å². The molecule has 2 heterocycles. The van der Waals surface area contributed by atoms with Gasteiger partial charge < -0.3 is 9.47 Å². The van der Waals surface area contributed by atoms with Crippen LogP contribution >= 0.6 is 11.8 Å². The summed E-state index contributed by atoms with van der Waals surface area (Å²) in [5, 5.41) is 0. The van der Waals surface area contributed by atoms with E-state index in [0.29, 0.717) is 11.3 Å². The van der Waals surface area contributed by atoms with Crippen LogP contribution in [0.5, 0.6) is 0 Å². The van der Waals surface area contributed by atoms with Gasteiger partial charge in [-0.15, -0.1) is 0 Å². The van der Waals surface area contributed by atoms with Gasteiger partial charge in [0.2, 0.25) is 0 Å².